The molecule has 0 aromatic carbocycles. The average molecular weight is 154 g/mol. The Hall–Kier alpha value is -0.790. The van der Waals surface area contributed by atoms with Crippen molar-refractivity contribution in [2.75, 3.05) is 0 Å². The molecule has 0 atom stereocenters. The van der Waals surface area contributed by atoms with Crippen LogP contribution in [0, 0.1) is 0 Å². The van der Waals surface area contributed by atoms with Crippen molar-refractivity contribution in [3.05, 3.63) is 11.3 Å². The summed E-state index contributed by atoms with van der Waals surface area (Å²) in [4.78, 5) is 11.2. The number of allylic oxidation sites excluding steroid dienone is 2. The van der Waals surface area contributed by atoms with E-state index in [4.69, 9.17) is 4.74 Å². The third kappa shape index (κ3) is 1.62. The average Bonchev–Trinajstić information content (AvgIpc) is 2.05. The Balaban J connectivity index is 2.92. The van der Waals surface area contributed by atoms with Crippen molar-refractivity contribution in [1.82, 2.24) is 0 Å². The molecule has 2 heteroatoms. The molecule has 0 amide bonds. The van der Waals surface area contributed by atoms with Crippen molar-refractivity contribution >= 4 is 5.78 Å². The first kappa shape index (κ1) is 8.31. The minimum atomic E-state index is -0.288. The van der Waals surface area contributed by atoms with E-state index < -0.39 is 0 Å². The highest BCUT2D eigenvalue weighted by atomic mass is 16.5. The fourth-order valence-electron chi connectivity index (χ4n) is 1.22. The van der Waals surface area contributed by atoms with Crippen molar-refractivity contribution in [3.8, 4) is 0 Å². The van der Waals surface area contributed by atoms with Crippen LogP contribution in [0.2, 0.25) is 0 Å². The maximum absolute atomic E-state index is 11.2. The summed E-state index contributed by atoms with van der Waals surface area (Å²) in [5, 5.41) is 0. The maximum Gasteiger partial charge on any atom is 0.201 e. The minimum absolute atomic E-state index is 0.134. The molecule has 1 rings (SSSR count). The van der Waals surface area contributed by atoms with Gasteiger partial charge >= 0.3 is 0 Å². The second-order valence-electron chi connectivity index (χ2n) is 3.79. The number of carbonyl (C=O) groups excluding carboxylic acids is 1. The topological polar surface area (TPSA) is 26.3 Å². The molecule has 0 spiro atoms. The van der Waals surface area contributed by atoms with Crippen LogP contribution >= 0.6 is 0 Å². The molecule has 0 radical (unpaired) electrons. The molecule has 62 valence electrons. The predicted molar refractivity (Wildman–Crippen MR) is 43.2 cm³/mol. The zero-order valence-electron chi connectivity index (χ0n) is 7.52. The largest absolute Gasteiger partial charge is 0.484 e. The van der Waals surface area contributed by atoms with E-state index in [2.05, 4.69) is 0 Å². The summed E-state index contributed by atoms with van der Waals surface area (Å²) < 4.78 is 5.45. The van der Waals surface area contributed by atoms with Gasteiger partial charge in [0, 0.05) is 0 Å². The molecule has 1 aliphatic rings. The normalized spacial score (nSPS) is 21.8. The van der Waals surface area contributed by atoms with E-state index in [0.29, 0.717) is 12.2 Å². The third-order valence-electron chi connectivity index (χ3n) is 1.67. The standard InChI is InChI=1S/C9H14O2/c1-6(2)8-7(10)5-9(3,4)11-8/h5H2,1-4H3. The third-order valence-corrected chi connectivity index (χ3v) is 1.67. The van der Waals surface area contributed by atoms with E-state index in [1.54, 1.807) is 0 Å². The Labute approximate surface area is 67.2 Å². The fourth-order valence-corrected chi connectivity index (χ4v) is 1.22. The van der Waals surface area contributed by atoms with Crippen molar-refractivity contribution in [1.29, 1.82) is 0 Å². The van der Waals surface area contributed by atoms with E-state index in [1.807, 2.05) is 27.7 Å². The molecule has 0 aromatic heterocycles. The maximum atomic E-state index is 11.2. The second kappa shape index (κ2) is 2.36. The Bertz CT molecular complexity index is 220. The van der Waals surface area contributed by atoms with Crippen molar-refractivity contribution in [2.45, 2.75) is 39.7 Å². The molecule has 0 aliphatic carbocycles. The zero-order valence-corrected chi connectivity index (χ0v) is 7.52. The van der Waals surface area contributed by atoms with Crippen LogP contribution in [-0.4, -0.2) is 11.4 Å². The number of hydrogen-bond acceptors (Lipinski definition) is 2. The van der Waals surface area contributed by atoms with Gasteiger partial charge in [-0.3, -0.25) is 4.79 Å². The lowest BCUT2D eigenvalue weighted by atomic mass is 10.0. The molecule has 2 nitrogen and oxygen atoms in total. The molecular weight excluding hydrogens is 140 g/mol. The van der Waals surface area contributed by atoms with Gasteiger partial charge in [0.1, 0.15) is 5.60 Å². The predicted octanol–water partition coefficient (Wildman–Crippen LogP) is 2.05. The molecule has 1 heterocycles. The Morgan fingerprint density at radius 3 is 2.18 bits per heavy atom. The summed E-state index contributed by atoms with van der Waals surface area (Å²) in [6, 6.07) is 0. The summed E-state index contributed by atoms with van der Waals surface area (Å²) >= 11 is 0. The molecule has 1 saturated heterocycles. The molecule has 0 N–H and O–H groups in total. The van der Waals surface area contributed by atoms with Gasteiger partial charge in [0.2, 0.25) is 5.78 Å². The molecule has 0 aromatic rings. The van der Waals surface area contributed by atoms with Gasteiger partial charge in [-0.25, -0.2) is 0 Å². The second-order valence-corrected chi connectivity index (χ2v) is 3.79. The highest BCUT2D eigenvalue weighted by molar-refractivity contribution is 5.96. The van der Waals surface area contributed by atoms with Crippen LogP contribution in [0.3, 0.4) is 0 Å². The minimum Gasteiger partial charge on any atom is -0.484 e. The van der Waals surface area contributed by atoms with E-state index in [-0.39, 0.29) is 11.4 Å². The number of Topliss-reactive ketones (excluding diaryl/α,β-unsaturated/α-hetero) is 1. The smallest absolute Gasteiger partial charge is 0.201 e. The first-order valence-corrected chi connectivity index (χ1v) is 3.82. The number of ether oxygens (including phenoxy) is 1. The monoisotopic (exact) mass is 154 g/mol. The SMILES string of the molecule is CC(C)=C1OC(C)(C)CC1=O. The fraction of sp³-hybridized carbons (Fsp3) is 0.667. The summed E-state index contributed by atoms with van der Waals surface area (Å²) in [7, 11) is 0. The quantitative estimate of drug-likeness (QED) is 0.499. The van der Waals surface area contributed by atoms with Gasteiger partial charge in [0.15, 0.2) is 5.76 Å². The van der Waals surface area contributed by atoms with E-state index in [1.165, 1.54) is 0 Å². The van der Waals surface area contributed by atoms with Gasteiger partial charge in [-0.15, -0.1) is 0 Å². The van der Waals surface area contributed by atoms with Crippen LogP contribution in [-0.2, 0) is 9.53 Å². The highest BCUT2D eigenvalue weighted by Crippen LogP contribution is 2.30. The number of carbonyl (C=O) groups is 1. The molecule has 1 aliphatic heterocycles. The van der Waals surface area contributed by atoms with E-state index >= 15 is 0 Å². The summed E-state index contributed by atoms with van der Waals surface area (Å²) in [6.45, 7) is 7.66. The van der Waals surface area contributed by atoms with Crippen LogP contribution in [0.5, 0.6) is 0 Å². The van der Waals surface area contributed by atoms with Crippen molar-refractivity contribution in [2.24, 2.45) is 0 Å². The van der Waals surface area contributed by atoms with E-state index in [0.717, 1.165) is 5.57 Å². The van der Waals surface area contributed by atoms with Gasteiger partial charge in [-0.05, 0) is 33.3 Å². The first-order chi connectivity index (χ1) is 4.92. The zero-order chi connectivity index (χ0) is 8.65. The van der Waals surface area contributed by atoms with Crippen LogP contribution in [0.1, 0.15) is 34.1 Å². The van der Waals surface area contributed by atoms with E-state index in [9.17, 15) is 4.79 Å². The molecule has 11 heavy (non-hydrogen) atoms. The number of hydrogen-bond donors (Lipinski definition) is 0. The lowest BCUT2D eigenvalue weighted by Gasteiger charge is -2.15. The first-order valence-electron chi connectivity index (χ1n) is 3.82. The molecular formula is C9H14O2. The summed E-state index contributed by atoms with van der Waals surface area (Å²) in [6.07, 6.45) is 0.507. The Morgan fingerprint density at radius 2 is 2.00 bits per heavy atom. The molecule has 0 unspecified atom stereocenters. The van der Waals surface area contributed by atoms with Crippen molar-refractivity contribution < 1.29 is 9.53 Å². The highest BCUT2D eigenvalue weighted by Gasteiger charge is 2.35. The Morgan fingerprint density at radius 1 is 1.45 bits per heavy atom. The van der Waals surface area contributed by atoms with Crippen LogP contribution in [0.15, 0.2) is 11.3 Å². The summed E-state index contributed by atoms with van der Waals surface area (Å²) in [5.41, 5.74) is 0.685. The number of ketones is 1. The Kier molecular flexibility index (Phi) is 1.78. The van der Waals surface area contributed by atoms with Crippen LogP contribution in [0.25, 0.3) is 0 Å². The van der Waals surface area contributed by atoms with Crippen LogP contribution in [0.4, 0.5) is 0 Å². The van der Waals surface area contributed by atoms with Gasteiger partial charge in [-0.2, -0.15) is 0 Å². The lowest BCUT2D eigenvalue weighted by molar-refractivity contribution is -0.115. The van der Waals surface area contributed by atoms with Gasteiger partial charge in [0.25, 0.3) is 0 Å². The summed E-state index contributed by atoms with van der Waals surface area (Å²) in [5.74, 6) is 0.699. The van der Waals surface area contributed by atoms with Crippen LogP contribution < -0.4 is 0 Å². The molecule has 0 saturated carbocycles. The van der Waals surface area contributed by atoms with Crippen molar-refractivity contribution in [3.63, 3.8) is 0 Å². The van der Waals surface area contributed by atoms with Gasteiger partial charge in [0.05, 0.1) is 6.42 Å². The molecule has 1 fully saturated rings. The van der Waals surface area contributed by atoms with Gasteiger partial charge in [-0.1, -0.05) is 0 Å². The van der Waals surface area contributed by atoms with Gasteiger partial charge < -0.3 is 4.74 Å². The number of rotatable bonds is 0. The molecule has 0 bridgehead atoms. The lowest BCUT2D eigenvalue weighted by Crippen LogP contribution is -2.16.